The summed E-state index contributed by atoms with van der Waals surface area (Å²) in [5.74, 6) is 1.13. The van der Waals surface area contributed by atoms with E-state index < -0.39 is 0 Å². The fourth-order valence-electron chi connectivity index (χ4n) is 4.56. The van der Waals surface area contributed by atoms with Crippen molar-refractivity contribution >= 4 is 5.82 Å². The lowest BCUT2D eigenvalue weighted by molar-refractivity contribution is -0.0141. The van der Waals surface area contributed by atoms with Gasteiger partial charge >= 0.3 is 0 Å². The fourth-order valence-corrected chi connectivity index (χ4v) is 4.56. The Hall–Kier alpha value is -1.17. The smallest absolute Gasteiger partial charge is 0.128 e. The maximum absolute atomic E-state index is 5.91. The van der Waals surface area contributed by atoms with E-state index in [0.717, 1.165) is 38.1 Å². The average molecular weight is 345 g/mol. The zero-order valence-electron chi connectivity index (χ0n) is 15.4. The van der Waals surface area contributed by atoms with Crippen LogP contribution in [0.15, 0.2) is 24.4 Å². The molecular weight excluding hydrogens is 312 g/mol. The molecule has 3 fully saturated rings. The number of nitrogens with zero attached hydrogens (tertiary/aromatic N) is 4. The van der Waals surface area contributed by atoms with Gasteiger partial charge in [0.25, 0.3) is 0 Å². The van der Waals surface area contributed by atoms with Gasteiger partial charge in [-0.2, -0.15) is 0 Å². The summed E-state index contributed by atoms with van der Waals surface area (Å²) in [5.41, 5.74) is 0. The molecule has 1 atom stereocenters. The number of hydrogen-bond acceptors (Lipinski definition) is 5. The Kier molecular flexibility index (Phi) is 5.85. The van der Waals surface area contributed by atoms with Crippen LogP contribution in [-0.4, -0.2) is 79.3 Å². The number of anilines is 1. The van der Waals surface area contributed by atoms with Crippen molar-refractivity contribution in [2.45, 2.75) is 44.2 Å². The molecule has 3 aliphatic heterocycles. The minimum atomic E-state index is 0.493. The third-order valence-electron chi connectivity index (χ3n) is 6.10. The van der Waals surface area contributed by atoms with Crippen LogP contribution in [0.2, 0.25) is 0 Å². The Balaban J connectivity index is 1.20. The van der Waals surface area contributed by atoms with Crippen molar-refractivity contribution in [2.24, 2.45) is 0 Å². The zero-order valence-corrected chi connectivity index (χ0v) is 15.4. The Morgan fingerprint density at radius 2 is 1.80 bits per heavy atom. The first-order valence-corrected chi connectivity index (χ1v) is 10.1. The molecule has 0 aromatic carbocycles. The van der Waals surface area contributed by atoms with Crippen molar-refractivity contribution in [3.05, 3.63) is 24.4 Å². The van der Waals surface area contributed by atoms with E-state index in [1.165, 1.54) is 58.3 Å². The van der Waals surface area contributed by atoms with Crippen LogP contribution in [0.4, 0.5) is 5.82 Å². The number of aromatic nitrogens is 1. The molecule has 0 bridgehead atoms. The molecule has 5 heteroatoms. The second-order valence-electron chi connectivity index (χ2n) is 7.73. The van der Waals surface area contributed by atoms with Crippen molar-refractivity contribution in [3.63, 3.8) is 0 Å². The molecule has 3 aliphatic rings. The van der Waals surface area contributed by atoms with E-state index in [4.69, 9.17) is 4.74 Å². The van der Waals surface area contributed by atoms with Crippen molar-refractivity contribution in [1.29, 1.82) is 0 Å². The van der Waals surface area contributed by atoms with Gasteiger partial charge < -0.3 is 14.5 Å². The molecular formula is C20H32N4O. The lowest BCUT2D eigenvalue weighted by Crippen LogP contribution is -2.54. The molecule has 0 aliphatic carbocycles. The molecule has 4 rings (SSSR count). The van der Waals surface area contributed by atoms with Crippen LogP contribution in [0.25, 0.3) is 0 Å². The van der Waals surface area contributed by atoms with E-state index in [2.05, 4.69) is 31.8 Å². The van der Waals surface area contributed by atoms with Crippen LogP contribution < -0.4 is 4.90 Å². The molecule has 138 valence electrons. The first kappa shape index (κ1) is 17.3. The number of rotatable bonds is 4. The van der Waals surface area contributed by atoms with Gasteiger partial charge in [0.1, 0.15) is 5.82 Å². The van der Waals surface area contributed by atoms with E-state index in [-0.39, 0.29) is 0 Å². The van der Waals surface area contributed by atoms with Gasteiger partial charge in [0.15, 0.2) is 0 Å². The van der Waals surface area contributed by atoms with Gasteiger partial charge in [-0.25, -0.2) is 4.98 Å². The van der Waals surface area contributed by atoms with Gasteiger partial charge in [-0.1, -0.05) is 6.07 Å². The van der Waals surface area contributed by atoms with Gasteiger partial charge in [-0.3, -0.25) is 4.90 Å². The minimum absolute atomic E-state index is 0.493. The number of piperidine rings is 1. The molecule has 0 unspecified atom stereocenters. The highest BCUT2D eigenvalue weighted by Crippen LogP contribution is 2.22. The largest absolute Gasteiger partial charge is 0.377 e. The summed E-state index contributed by atoms with van der Waals surface area (Å²) in [6, 6.07) is 6.97. The van der Waals surface area contributed by atoms with Gasteiger partial charge in [-0.15, -0.1) is 0 Å². The number of ether oxygens (including phenoxy) is 1. The molecule has 1 aromatic heterocycles. The van der Waals surface area contributed by atoms with Crippen molar-refractivity contribution in [1.82, 2.24) is 14.8 Å². The van der Waals surface area contributed by atoms with Crippen molar-refractivity contribution in [2.75, 3.05) is 57.3 Å². The zero-order chi connectivity index (χ0) is 16.9. The maximum atomic E-state index is 5.91. The first-order valence-electron chi connectivity index (χ1n) is 10.1. The molecule has 0 N–H and O–H groups in total. The minimum Gasteiger partial charge on any atom is -0.377 e. The third-order valence-corrected chi connectivity index (χ3v) is 6.10. The Morgan fingerprint density at radius 3 is 2.48 bits per heavy atom. The highest BCUT2D eigenvalue weighted by atomic mass is 16.5. The Bertz CT molecular complexity index is 504. The Labute approximate surface area is 152 Å². The van der Waals surface area contributed by atoms with E-state index in [0.29, 0.717) is 6.10 Å². The maximum Gasteiger partial charge on any atom is 0.128 e. The van der Waals surface area contributed by atoms with E-state index in [9.17, 15) is 0 Å². The van der Waals surface area contributed by atoms with Gasteiger partial charge in [0.05, 0.1) is 6.10 Å². The molecule has 5 nitrogen and oxygen atoms in total. The number of pyridine rings is 1. The molecule has 0 saturated carbocycles. The normalized spacial score (nSPS) is 27.5. The molecule has 0 amide bonds. The van der Waals surface area contributed by atoms with Crippen LogP contribution in [0.5, 0.6) is 0 Å². The average Bonchev–Trinajstić information content (AvgIpc) is 2.70. The van der Waals surface area contributed by atoms with Crippen molar-refractivity contribution in [3.8, 4) is 0 Å². The highest BCUT2D eigenvalue weighted by molar-refractivity contribution is 5.38. The van der Waals surface area contributed by atoms with Crippen LogP contribution >= 0.6 is 0 Å². The highest BCUT2D eigenvalue weighted by Gasteiger charge is 2.28. The van der Waals surface area contributed by atoms with Gasteiger partial charge in [-0.05, 0) is 57.3 Å². The summed E-state index contributed by atoms with van der Waals surface area (Å²) < 4.78 is 5.91. The quantitative estimate of drug-likeness (QED) is 0.836. The number of likely N-dealkylation sites (tertiary alicyclic amines) is 1. The lowest BCUT2D eigenvalue weighted by Gasteiger charge is -2.43. The topological polar surface area (TPSA) is 31.8 Å². The van der Waals surface area contributed by atoms with Crippen LogP contribution in [0.3, 0.4) is 0 Å². The molecule has 1 aromatic rings. The lowest BCUT2D eigenvalue weighted by atomic mass is 10.0. The second-order valence-corrected chi connectivity index (χ2v) is 7.73. The third kappa shape index (κ3) is 4.52. The second kappa shape index (κ2) is 8.47. The number of piperazine rings is 1. The van der Waals surface area contributed by atoms with Gasteiger partial charge in [0.2, 0.25) is 0 Å². The first-order chi connectivity index (χ1) is 12.4. The molecule has 3 saturated heterocycles. The summed E-state index contributed by atoms with van der Waals surface area (Å²) in [5, 5.41) is 0. The van der Waals surface area contributed by atoms with Crippen LogP contribution in [0, 0.1) is 0 Å². The summed E-state index contributed by atoms with van der Waals surface area (Å²) >= 11 is 0. The fraction of sp³-hybridized carbons (Fsp3) is 0.750. The number of hydrogen-bond donors (Lipinski definition) is 0. The van der Waals surface area contributed by atoms with Crippen LogP contribution in [-0.2, 0) is 4.74 Å². The summed E-state index contributed by atoms with van der Waals surface area (Å²) in [6.07, 6.45) is 8.88. The predicted molar refractivity (Wildman–Crippen MR) is 101 cm³/mol. The summed E-state index contributed by atoms with van der Waals surface area (Å²) in [7, 11) is 0. The molecule has 25 heavy (non-hydrogen) atoms. The van der Waals surface area contributed by atoms with E-state index >= 15 is 0 Å². The predicted octanol–water partition coefficient (Wildman–Crippen LogP) is 2.24. The SMILES string of the molecule is c1ccc(N2CCN(C3CCN(C[C@H]4CCCCO4)CC3)CC2)nc1. The molecule has 4 heterocycles. The van der Waals surface area contributed by atoms with Gasteiger partial charge in [0, 0.05) is 51.6 Å². The van der Waals surface area contributed by atoms with E-state index in [1.54, 1.807) is 0 Å². The summed E-state index contributed by atoms with van der Waals surface area (Å²) in [6.45, 7) is 9.16. The van der Waals surface area contributed by atoms with E-state index in [1.807, 2.05) is 12.3 Å². The summed E-state index contributed by atoms with van der Waals surface area (Å²) in [4.78, 5) is 12.3. The monoisotopic (exact) mass is 344 g/mol. The Morgan fingerprint density at radius 1 is 0.960 bits per heavy atom. The van der Waals surface area contributed by atoms with Crippen molar-refractivity contribution < 1.29 is 4.74 Å². The standard InChI is InChI=1S/C20H32N4O/c1-3-9-21-20(6-1)24-14-12-23(13-15-24)18-7-10-22(11-8-18)17-19-5-2-4-16-25-19/h1,3,6,9,18-19H,2,4-5,7-8,10-17H2/t19-/m1/s1. The molecule has 0 spiro atoms. The van der Waals surface area contributed by atoms with Crippen LogP contribution in [0.1, 0.15) is 32.1 Å². The molecule has 0 radical (unpaired) electrons.